The van der Waals surface area contributed by atoms with Crippen molar-refractivity contribution in [3.05, 3.63) is 30.3 Å². The van der Waals surface area contributed by atoms with E-state index in [1.807, 2.05) is 0 Å². The Bertz CT molecular complexity index is 1260. The second-order valence-corrected chi connectivity index (χ2v) is 13.9. The van der Waals surface area contributed by atoms with E-state index in [0.29, 0.717) is 12.8 Å². The first kappa shape index (κ1) is 41.7. The monoisotopic (exact) mass is 709 g/mol. The zero-order chi connectivity index (χ0) is 34.1. The summed E-state index contributed by atoms with van der Waals surface area (Å²) in [5, 5.41) is 8.40. The number of alkyl halides is 3. The van der Waals surface area contributed by atoms with Crippen molar-refractivity contribution in [1.82, 2.24) is 9.21 Å². The Balaban J connectivity index is 0.000000831. The van der Waals surface area contributed by atoms with E-state index in [0.717, 1.165) is 24.3 Å². The molecule has 2 aliphatic heterocycles. The van der Waals surface area contributed by atoms with Gasteiger partial charge in [-0.3, -0.25) is 4.57 Å². The Hall–Kier alpha value is -2.35. The number of likely N-dealkylation sites (N-methyl/N-ethyl adjacent to an activating group) is 1. The number of hydrogen-bond acceptors (Lipinski definition) is 9. The third kappa shape index (κ3) is 12.7. The first-order chi connectivity index (χ1) is 20.8. The van der Waals surface area contributed by atoms with Crippen LogP contribution < -0.4 is 16.4 Å². The number of amides is 1. The minimum absolute atomic E-state index is 0. The molecule has 2 fully saturated rings. The summed E-state index contributed by atoms with van der Waals surface area (Å²) < 4.78 is 90.9. The van der Waals surface area contributed by atoms with Gasteiger partial charge in [0.25, 0.3) is 7.82 Å². The van der Waals surface area contributed by atoms with Crippen LogP contribution in [-0.2, 0) is 33.4 Å². The number of piperidine rings is 1. The maximum absolute atomic E-state index is 13.1. The van der Waals surface area contributed by atoms with Crippen molar-refractivity contribution < 1.29 is 76.1 Å². The van der Waals surface area contributed by atoms with Gasteiger partial charge in [-0.2, -0.15) is 17.5 Å². The largest absolute Gasteiger partial charge is 0.756 e. The summed E-state index contributed by atoms with van der Waals surface area (Å²) in [5.41, 5.74) is 6.40. The number of carbonyl (C=O) groups is 2. The highest BCUT2D eigenvalue weighted by Crippen LogP contribution is 2.39. The molecular formula is C26H45F3N4O11PS+. The van der Waals surface area contributed by atoms with Crippen molar-refractivity contribution in [1.29, 1.82) is 0 Å². The highest BCUT2D eigenvalue weighted by atomic mass is 32.2. The number of quaternary nitrogens is 2. The third-order valence-corrected chi connectivity index (χ3v) is 9.86. The van der Waals surface area contributed by atoms with Crippen LogP contribution in [0.3, 0.4) is 0 Å². The quantitative estimate of drug-likeness (QED) is 0.169. The smallest absolute Gasteiger partial charge is 0.427 e. The number of aliphatic carboxylic acids is 1. The number of rotatable bonds is 12. The molecule has 266 valence electrons. The van der Waals surface area contributed by atoms with Crippen LogP contribution in [0.15, 0.2) is 35.2 Å². The summed E-state index contributed by atoms with van der Waals surface area (Å²) in [6.07, 6.45) is -5.96. The van der Waals surface area contributed by atoms with Crippen molar-refractivity contribution in [3.8, 4) is 0 Å². The summed E-state index contributed by atoms with van der Waals surface area (Å²) in [4.78, 5) is 42.7. The highest BCUT2D eigenvalue weighted by molar-refractivity contribution is 7.89. The number of phosphoric ester groups is 1. The fraction of sp³-hybridized carbons (Fsp3) is 0.692. The van der Waals surface area contributed by atoms with Crippen LogP contribution in [0.5, 0.6) is 0 Å². The molecule has 3 rings (SSSR count). The molecule has 0 aromatic heterocycles. The predicted octanol–water partition coefficient (Wildman–Crippen LogP) is 0.205. The van der Waals surface area contributed by atoms with Crippen LogP contribution in [-0.4, -0.2) is 110 Å². The van der Waals surface area contributed by atoms with Crippen molar-refractivity contribution in [2.75, 3.05) is 39.9 Å². The Morgan fingerprint density at radius 1 is 1.24 bits per heavy atom. The first-order valence-electron chi connectivity index (χ1n) is 14.0. The topological polar surface area (TPSA) is 238 Å². The first-order valence-corrected chi connectivity index (χ1v) is 17.0. The molecule has 15 nitrogen and oxygen atoms in total. The van der Waals surface area contributed by atoms with Crippen molar-refractivity contribution in [2.24, 2.45) is 0 Å². The van der Waals surface area contributed by atoms with Crippen LogP contribution in [0.1, 0.15) is 46.0 Å². The molecule has 1 amide bonds. The summed E-state index contributed by atoms with van der Waals surface area (Å²) in [5.74, 6) is -0.802. The van der Waals surface area contributed by atoms with E-state index in [9.17, 15) is 40.6 Å². The molecule has 2 aliphatic rings. The van der Waals surface area contributed by atoms with Crippen molar-refractivity contribution in [2.45, 2.75) is 80.8 Å². The molecule has 1 unspecified atom stereocenters. The van der Waals surface area contributed by atoms with E-state index in [4.69, 9.17) is 14.7 Å². The number of phosphoric acid groups is 1. The number of sulfonamides is 1. The average molecular weight is 710 g/mol. The van der Waals surface area contributed by atoms with Gasteiger partial charge in [-0.25, -0.2) is 18.0 Å². The maximum atomic E-state index is 13.1. The number of ether oxygens (including phenoxy) is 2. The summed E-state index contributed by atoms with van der Waals surface area (Å²) in [7, 11) is -7.75. The zero-order valence-electron chi connectivity index (χ0n) is 24.8. The fourth-order valence-electron chi connectivity index (χ4n) is 4.70. The lowest BCUT2D eigenvalue weighted by atomic mass is 9.87. The molecule has 2 saturated heterocycles. The summed E-state index contributed by atoms with van der Waals surface area (Å²) in [6.45, 7) is -0.654. The molecule has 0 saturated carbocycles. The number of hydrogen-bond donors (Lipinski definition) is 4. The number of carbonyl (C=O) groups excluding carboxylic acids is 1. The van der Waals surface area contributed by atoms with Gasteiger partial charge in [-0.1, -0.05) is 25.6 Å². The Morgan fingerprint density at radius 2 is 1.83 bits per heavy atom. The summed E-state index contributed by atoms with van der Waals surface area (Å²) in [6, 6.07) is 6.98. The average Bonchev–Trinajstić information content (AvgIpc) is 3.37. The standard InChI is InChI=1S/C19H26F3N2O9PS.C6H14N2O2.CH4/c1-23(35(29,30)15-5-3-2-4-6-15)14-11-18(31-12-14)7-9-24(10-8-18)17(25)33-16(19(20,21)22)13-32-34(26,27)28;7-4-2-1-3-5(8)6(9)10;/h2-6,14,16H,7-13H2,1H3,(H2,26,27,28);5H,1-4,7-8H2,(H,9,10);1H4/p+1/t14-,16-;5-;/m10./s1. The van der Waals surface area contributed by atoms with E-state index in [1.165, 1.54) is 23.5 Å². The molecule has 0 radical (unpaired) electrons. The second-order valence-electron chi connectivity index (χ2n) is 10.7. The van der Waals surface area contributed by atoms with Gasteiger partial charge in [0.2, 0.25) is 16.1 Å². The lowest BCUT2D eigenvalue weighted by Crippen LogP contribution is -2.64. The Morgan fingerprint density at radius 3 is 2.33 bits per heavy atom. The van der Waals surface area contributed by atoms with Gasteiger partial charge < -0.3 is 45.3 Å². The maximum Gasteiger partial charge on any atom is 0.427 e. The summed E-state index contributed by atoms with van der Waals surface area (Å²) >= 11 is 0. The fourth-order valence-corrected chi connectivity index (χ4v) is 6.38. The minimum atomic E-state index is -5.45. The van der Waals surface area contributed by atoms with Crippen molar-refractivity contribution >= 4 is 29.9 Å². The van der Waals surface area contributed by atoms with Crippen LogP contribution in [0.2, 0.25) is 0 Å². The van der Waals surface area contributed by atoms with Gasteiger partial charge in [-0.15, -0.1) is 0 Å². The van der Waals surface area contributed by atoms with Crippen LogP contribution in [0.25, 0.3) is 0 Å². The molecule has 1 aromatic rings. The van der Waals surface area contributed by atoms with E-state index in [1.54, 1.807) is 18.2 Å². The SMILES string of the molecule is C.CN([C@H]1COC2(CCN(C(=O)O[C@H](COP(=O)([O-])O)C(F)(F)F)CC2)C1)S(=O)(=O)c1ccccc1.[NH3+]CCCC[C@H]([NH3+])C(=O)O. The van der Waals surface area contributed by atoms with E-state index in [2.05, 4.69) is 20.7 Å². The number of nitrogens with zero attached hydrogens (tertiary/aromatic N) is 2. The molecule has 0 bridgehead atoms. The van der Waals surface area contributed by atoms with E-state index < -0.39 is 66.5 Å². The van der Waals surface area contributed by atoms with Gasteiger partial charge in [0, 0.05) is 26.6 Å². The molecule has 1 aromatic carbocycles. The molecule has 46 heavy (non-hydrogen) atoms. The van der Waals surface area contributed by atoms with Gasteiger partial charge in [0.15, 0.2) is 6.04 Å². The molecule has 2 heterocycles. The molecule has 0 aliphatic carbocycles. The van der Waals surface area contributed by atoms with Crippen LogP contribution in [0.4, 0.5) is 18.0 Å². The third-order valence-electron chi connectivity index (χ3n) is 7.46. The normalized spacial score (nSPS) is 20.5. The second kappa shape index (κ2) is 17.7. The molecule has 1 spiro atoms. The van der Waals surface area contributed by atoms with Crippen LogP contribution >= 0.6 is 7.82 Å². The number of unbranched alkanes of at least 4 members (excludes halogenated alkanes) is 1. The van der Waals surface area contributed by atoms with E-state index >= 15 is 0 Å². The number of benzene rings is 1. The van der Waals surface area contributed by atoms with Gasteiger partial charge >= 0.3 is 18.2 Å². The Kier molecular flexibility index (Phi) is 16.0. The molecular weight excluding hydrogens is 664 g/mol. The number of carboxylic acid groups (broad SMARTS) is 1. The van der Waals surface area contributed by atoms with Gasteiger partial charge in [0.05, 0.1) is 29.7 Å². The number of carboxylic acids is 1. The zero-order valence-corrected chi connectivity index (χ0v) is 26.5. The molecule has 4 atom stereocenters. The number of halogens is 3. The highest BCUT2D eigenvalue weighted by Gasteiger charge is 2.48. The van der Waals surface area contributed by atoms with Gasteiger partial charge in [0.1, 0.15) is 6.61 Å². The lowest BCUT2D eigenvalue weighted by Gasteiger charge is -2.38. The van der Waals surface area contributed by atoms with Crippen LogP contribution in [0, 0.1) is 0 Å². The van der Waals surface area contributed by atoms with Crippen molar-refractivity contribution in [3.63, 3.8) is 0 Å². The minimum Gasteiger partial charge on any atom is -0.756 e. The number of likely N-dealkylation sites (tertiary alicyclic amines) is 1. The lowest BCUT2D eigenvalue weighted by molar-refractivity contribution is -0.410. The molecule has 8 N–H and O–H groups in total. The Labute approximate surface area is 266 Å². The van der Waals surface area contributed by atoms with Gasteiger partial charge in [-0.05, 0) is 44.2 Å². The van der Waals surface area contributed by atoms with E-state index in [-0.39, 0.29) is 44.9 Å². The molecule has 20 heteroatoms. The predicted molar refractivity (Wildman–Crippen MR) is 154 cm³/mol.